The topological polar surface area (TPSA) is 99.6 Å². The van der Waals surface area contributed by atoms with Gasteiger partial charge in [0.1, 0.15) is 5.69 Å². The van der Waals surface area contributed by atoms with Gasteiger partial charge in [-0.2, -0.15) is 10.2 Å². The number of rotatable bonds is 6. The highest BCUT2D eigenvalue weighted by Crippen LogP contribution is 2.17. The van der Waals surface area contributed by atoms with E-state index in [2.05, 4.69) is 41.5 Å². The molecule has 1 aromatic carbocycles. The van der Waals surface area contributed by atoms with Crippen molar-refractivity contribution in [3.05, 3.63) is 64.7 Å². The lowest BCUT2D eigenvalue weighted by atomic mass is 10.2. The first-order chi connectivity index (χ1) is 14.0. The molecule has 3 heterocycles. The normalized spacial score (nSPS) is 11.0. The number of hydrogen-bond donors (Lipinski definition) is 0. The predicted octanol–water partition coefficient (Wildman–Crippen LogP) is 1.81. The molecule has 0 saturated carbocycles. The van der Waals surface area contributed by atoms with Crippen molar-refractivity contribution in [3.8, 4) is 11.4 Å². The first-order valence-corrected chi connectivity index (χ1v) is 9.59. The number of carbonyl (C=O) groups excluding carboxylic acids is 1. The Bertz CT molecular complexity index is 1110. The number of benzene rings is 1. The van der Waals surface area contributed by atoms with Crippen molar-refractivity contribution < 1.29 is 4.79 Å². The standard InChI is InChI=1S/C18H18BrN9O/c1-25(11-16-14(19)10-20-26(16)2)18(29)15-8-9-27(22-15)12-28-23-17(21-24-28)13-6-4-3-5-7-13/h3-10H,11-12H2,1-2H3. The van der Waals surface area contributed by atoms with E-state index in [1.54, 1.807) is 39.8 Å². The molecule has 0 bridgehead atoms. The molecule has 0 fully saturated rings. The smallest absolute Gasteiger partial charge is 0.274 e. The molecule has 0 aliphatic carbocycles. The summed E-state index contributed by atoms with van der Waals surface area (Å²) >= 11 is 3.45. The molecule has 1 amide bonds. The minimum Gasteiger partial charge on any atom is -0.334 e. The van der Waals surface area contributed by atoms with Crippen LogP contribution in [0.2, 0.25) is 0 Å². The quantitative estimate of drug-likeness (QED) is 0.439. The second-order valence-corrected chi connectivity index (χ2v) is 7.31. The lowest BCUT2D eigenvalue weighted by molar-refractivity contribution is 0.0774. The average Bonchev–Trinajstić information content (AvgIpc) is 3.46. The maximum absolute atomic E-state index is 12.7. The molecule has 0 atom stereocenters. The Balaban J connectivity index is 1.43. The number of halogens is 1. The Morgan fingerprint density at radius 2 is 1.97 bits per heavy atom. The van der Waals surface area contributed by atoms with Crippen molar-refractivity contribution in [2.45, 2.75) is 13.2 Å². The predicted molar refractivity (Wildman–Crippen MR) is 108 cm³/mol. The lowest BCUT2D eigenvalue weighted by Gasteiger charge is -2.16. The SMILES string of the molecule is CN(Cc1c(Br)cnn1C)C(=O)c1ccn(Cn2nnc(-c3ccccc3)n2)n1. The number of tetrazole rings is 1. The highest BCUT2D eigenvalue weighted by molar-refractivity contribution is 9.10. The first kappa shape index (κ1) is 19.0. The third kappa shape index (κ3) is 4.09. The van der Waals surface area contributed by atoms with Crippen LogP contribution in [0.5, 0.6) is 0 Å². The molecule has 0 unspecified atom stereocenters. The molecule has 10 nitrogen and oxygen atoms in total. The van der Waals surface area contributed by atoms with Crippen molar-refractivity contribution in [2.24, 2.45) is 7.05 Å². The largest absolute Gasteiger partial charge is 0.334 e. The van der Waals surface area contributed by atoms with Crippen molar-refractivity contribution in [3.63, 3.8) is 0 Å². The summed E-state index contributed by atoms with van der Waals surface area (Å²) in [7, 11) is 3.56. The zero-order chi connectivity index (χ0) is 20.4. The second-order valence-electron chi connectivity index (χ2n) is 6.46. The minimum atomic E-state index is -0.187. The Hall–Kier alpha value is -3.34. The van der Waals surface area contributed by atoms with Gasteiger partial charge in [0.15, 0.2) is 6.67 Å². The Morgan fingerprint density at radius 1 is 1.17 bits per heavy atom. The Morgan fingerprint density at radius 3 is 2.69 bits per heavy atom. The molecule has 0 saturated heterocycles. The van der Waals surface area contributed by atoms with Gasteiger partial charge in [-0.05, 0) is 27.2 Å². The van der Waals surface area contributed by atoms with E-state index in [4.69, 9.17) is 0 Å². The van der Waals surface area contributed by atoms with Crippen LogP contribution in [-0.2, 0) is 20.3 Å². The summed E-state index contributed by atoms with van der Waals surface area (Å²) in [6.45, 7) is 0.665. The Labute approximate surface area is 174 Å². The summed E-state index contributed by atoms with van der Waals surface area (Å²) in [6.07, 6.45) is 3.42. The maximum atomic E-state index is 12.7. The van der Waals surface area contributed by atoms with Crippen LogP contribution in [0, 0.1) is 0 Å². The third-order valence-electron chi connectivity index (χ3n) is 4.36. The molecule has 29 heavy (non-hydrogen) atoms. The molecule has 11 heteroatoms. The fraction of sp³-hybridized carbons (Fsp3) is 0.222. The zero-order valence-electron chi connectivity index (χ0n) is 15.8. The van der Waals surface area contributed by atoms with Crippen molar-refractivity contribution in [1.29, 1.82) is 0 Å². The van der Waals surface area contributed by atoms with Crippen LogP contribution < -0.4 is 0 Å². The van der Waals surface area contributed by atoms with Crippen LogP contribution in [0.25, 0.3) is 11.4 Å². The number of carbonyl (C=O) groups is 1. The molecule has 4 aromatic rings. The number of hydrogen-bond acceptors (Lipinski definition) is 6. The van der Waals surface area contributed by atoms with Gasteiger partial charge in [0.25, 0.3) is 5.91 Å². The monoisotopic (exact) mass is 455 g/mol. The van der Waals surface area contributed by atoms with Crippen LogP contribution in [0.15, 0.2) is 53.3 Å². The van der Waals surface area contributed by atoms with Crippen molar-refractivity contribution >= 4 is 21.8 Å². The van der Waals surface area contributed by atoms with Crippen LogP contribution >= 0.6 is 15.9 Å². The van der Waals surface area contributed by atoms with E-state index in [-0.39, 0.29) is 12.6 Å². The molecule has 0 N–H and O–H groups in total. The minimum absolute atomic E-state index is 0.187. The summed E-state index contributed by atoms with van der Waals surface area (Å²) in [5.41, 5.74) is 2.13. The first-order valence-electron chi connectivity index (χ1n) is 8.80. The molecule has 148 valence electrons. The zero-order valence-corrected chi connectivity index (χ0v) is 17.4. The van der Waals surface area contributed by atoms with E-state index >= 15 is 0 Å². The molecular formula is C18H18BrN9O. The van der Waals surface area contributed by atoms with Gasteiger partial charge >= 0.3 is 0 Å². The van der Waals surface area contributed by atoms with Crippen LogP contribution in [0.3, 0.4) is 0 Å². The Kier molecular flexibility index (Phi) is 5.21. The lowest BCUT2D eigenvalue weighted by Crippen LogP contribution is -2.28. The molecular weight excluding hydrogens is 438 g/mol. The van der Waals surface area contributed by atoms with Gasteiger partial charge in [0, 0.05) is 25.9 Å². The van der Waals surface area contributed by atoms with Gasteiger partial charge in [0.2, 0.25) is 5.82 Å². The van der Waals surface area contributed by atoms with Gasteiger partial charge in [-0.25, -0.2) is 4.68 Å². The summed E-state index contributed by atoms with van der Waals surface area (Å²) in [5, 5.41) is 21.0. The number of amides is 1. The van der Waals surface area contributed by atoms with Gasteiger partial charge < -0.3 is 4.90 Å². The molecule has 0 aliphatic rings. The summed E-state index contributed by atoms with van der Waals surface area (Å²) in [4.78, 5) is 15.7. The number of nitrogens with zero attached hydrogens (tertiary/aromatic N) is 9. The van der Waals surface area contributed by atoms with Gasteiger partial charge in [-0.1, -0.05) is 30.3 Å². The molecule has 4 rings (SSSR count). The van der Waals surface area contributed by atoms with E-state index in [9.17, 15) is 4.79 Å². The highest BCUT2D eigenvalue weighted by Gasteiger charge is 2.18. The third-order valence-corrected chi connectivity index (χ3v) is 5.02. The maximum Gasteiger partial charge on any atom is 0.274 e. The fourth-order valence-electron chi connectivity index (χ4n) is 2.80. The molecule has 3 aromatic heterocycles. The summed E-state index contributed by atoms with van der Waals surface area (Å²) in [6, 6.07) is 11.3. The fourth-order valence-corrected chi connectivity index (χ4v) is 3.27. The molecule has 0 radical (unpaired) electrons. The second kappa shape index (κ2) is 7.95. The van der Waals surface area contributed by atoms with E-state index in [1.165, 1.54) is 4.80 Å². The highest BCUT2D eigenvalue weighted by atomic mass is 79.9. The van der Waals surface area contributed by atoms with Crippen LogP contribution in [0.4, 0.5) is 0 Å². The van der Waals surface area contributed by atoms with E-state index in [0.717, 1.165) is 15.7 Å². The van der Waals surface area contributed by atoms with Crippen LogP contribution in [0.1, 0.15) is 16.2 Å². The van der Waals surface area contributed by atoms with Gasteiger partial charge in [-0.15, -0.1) is 15.0 Å². The van der Waals surface area contributed by atoms with E-state index in [0.29, 0.717) is 18.1 Å². The summed E-state index contributed by atoms with van der Waals surface area (Å²) in [5.74, 6) is 0.351. The average molecular weight is 456 g/mol. The number of aromatic nitrogens is 8. The van der Waals surface area contributed by atoms with Crippen molar-refractivity contribution in [2.75, 3.05) is 7.05 Å². The van der Waals surface area contributed by atoms with Crippen molar-refractivity contribution in [1.82, 2.24) is 44.7 Å². The summed E-state index contributed by atoms with van der Waals surface area (Å²) < 4.78 is 4.18. The van der Waals surface area contributed by atoms with Gasteiger partial charge in [0.05, 0.1) is 22.9 Å². The van der Waals surface area contributed by atoms with E-state index < -0.39 is 0 Å². The molecule has 0 aliphatic heterocycles. The van der Waals surface area contributed by atoms with E-state index in [1.807, 2.05) is 37.4 Å². The van der Waals surface area contributed by atoms with Gasteiger partial charge in [-0.3, -0.25) is 9.48 Å². The molecule has 0 spiro atoms. The number of aryl methyl sites for hydroxylation is 1. The van der Waals surface area contributed by atoms with Crippen LogP contribution in [-0.4, -0.2) is 57.6 Å².